The summed E-state index contributed by atoms with van der Waals surface area (Å²) in [7, 11) is 0. The highest BCUT2D eigenvalue weighted by molar-refractivity contribution is 5.86. The van der Waals surface area contributed by atoms with E-state index in [1.54, 1.807) is 0 Å². The number of likely N-dealkylation sites (tertiary alicyclic amines) is 1. The van der Waals surface area contributed by atoms with Gasteiger partial charge >= 0.3 is 5.97 Å². The van der Waals surface area contributed by atoms with E-state index in [1.807, 2.05) is 24.3 Å². The summed E-state index contributed by atoms with van der Waals surface area (Å²) in [6.07, 6.45) is 0.714. The molecule has 2 atom stereocenters. The second-order valence-corrected chi connectivity index (χ2v) is 5.61. The number of benzene rings is 1. The van der Waals surface area contributed by atoms with Crippen LogP contribution >= 0.6 is 0 Å². The Kier molecular flexibility index (Phi) is 3.22. The molecule has 0 bridgehead atoms. The minimum Gasteiger partial charge on any atom is -0.480 e. The molecular weight excluding hydrogens is 258 g/mol. The van der Waals surface area contributed by atoms with Gasteiger partial charge in [0.1, 0.15) is 6.04 Å². The Morgan fingerprint density at radius 1 is 1.15 bits per heavy atom. The summed E-state index contributed by atoms with van der Waals surface area (Å²) >= 11 is 0. The van der Waals surface area contributed by atoms with Crippen LogP contribution in [0.25, 0.3) is 0 Å². The lowest BCUT2D eigenvalue weighted by molar-refractivity contribution is -0.149. The van der Waals surface area contributed by atoms with Gasteiger partial charge in [-0.15, -0.1) is 0 Å². The van der Waals surface area contributed by atoms with Crippen molar-refractivity contribution in [2.24, 2.45) is 5.92 Å². The first-order valence-corrected chi connectivity index (χ1v) is 6.84. The normalized spacial score (nSPS) is 25.8. The van der Waals surface area contributed by atoms with Crippen LogP contribution in [0, 0.1) is 5.92 Å². The lowest BCUT2D eigenvalue weighted by Gasteiger charge is -2.24. The number of aliphatic carboxylic acids is 1. The molecule has 1 aliphatic heterocycles. The molecule has 5 heteroatoms. The first kappa shape index (κ1) is 13.1. The molecule has 1 saturated heterocycles. The van der Waals surface area contributed by atoms with Crippen LogP contribution in [0.1, 0.15) is 17.5 Å². The molecule has 0 spiro atoms. The monoisotopic (exact) mass is 275 g/mol. The molecule has 2 N–H and O–H groups in total. The molecular formula is C15H17NO4. The van der Waals surface area contributed by atoms with Crippen molar-refractivity contribution in [1.82, 2.24) is 4.90 Å². The molecule has 1 fully saturated rings. The highest BCUT2D eigenvalue weighted by Gasteiger charge is 2.42. The number of hydrogen-bond donors (Lipinski definition) is 2. The molecule has 0 radical (unpaired) electrons. The lowest BCUT2D eigenvalue weighted by atomic mass is 10.0. The fourth-order valence-corrected chi connectivity index (χ4v) is 3.26. The number of rotatable bonds is 2. The van der Waals surface area contributed by atoms with Gasteiger partial charge in [-0.05, 0) is 24.0 Å². The average Bonchev–Trinajstić information content (AvgIpc) is 3.01. The maximum absolute atomic E-state index is 12.5. The number of carboxylic acid groups (broad SMARTS) is 1. The molecule has 3 rings (SSSR count). The van der Waals surface area contributed by atoms with E-state index in [9.17, 15) is 14.7 Å². The summed E-state index contributed by atoms with van der Waals surface area (Å²) in [5.74, 6) is -1.38. The summed E-state index contributed by atoms with van der Waals surface area (Å²) < 4.78 is 0. The minimum atomic E-state index is -1.04. The van der Waals surface area contributed by atoms with E-state index >= 15 is 0 Å². The van der Waals surface area contributed by atoms with Crippen molar-refractivity contribution in [3.05, 3.63) is 35.4 Å². The first-order chi connectivity index (χ1) is 9.56. The molecule has 1 heterocycles. The van der Waals surface area contributed by atoms with Gasteiger partial charge in [-0.3, -0.25) is 4.79 Å². The van der Waals surface area contributed by atoms with Crippen LogP contribution < -0.4 is 0 Å². The molecule has 0 saturated carbocycles. The number of aliphatic hydroxyl groups excluding tert-OH is 1. The van der Waals surface area contributed by atoms with Crippen molar-refractivity contribution in [1.29, 1.82) is 0 Å². The molecule has 1 aromatic rings. The summed E-state index contributed by atoms with van der Waals surface area (Å²) in [5.41, 5.74) is 2.33. The van der Waals surface area contributed by atoms with Crippen molar-refractivity contribution in [3.8, 4) is 0 Å². The molecule has 0 unspecified atom stereocenters. The van der Waals surface area contributed by atoms with Gasteiger partial charge in [0, 0.05) is 18.9 Å². The highest BCUT2D eigenvalue weighted by Crippen LogP contribution is 2.30. The number of carbonyl (C=O) groups excluding carboxylic acids is 1. The van der Waals surface area contributed by atoms with Crippen molar-refractivity contribution < 1.29 is 19.8 Å². The van der Waals surface area contributed by atoms with Crippen molar-refractivity contribution in [2.45, 2.75) is 31.4 Å². The van der Waals surface area contributed by atoms with Crippen LogP contribution in [0.5, 0.6) is 0 Å². The predicted molar refractivity (Wildman–Crippen MR) is 71.1 cm³/mol. The number of nitrogens with zero attached hydrogens (tertiary/aromatic N) is 1. The third kappa shape index (κ3) is 2.18. The van der Waals surface area contributed by atoms with Crippen molar-refractivity contribution >= 4 is 11.9 Å². The molecule has 1 aliphatic carbocycles. The smallest absolute Gasteiger partial charge is 0.326 e. The number of carboxylic acids is 1. The summed E-state index contributed by atoms with van der Waals surface area (Å²) in [6.45, 7) is 0.128. The molecule has 20 heavy (non-hydrogen) atoms. The first-order valence-electron chi connectivity index (χ1n) is 6.84. The van der Waals surface area contributed by atoms with E-state index < -0.39 is 18.1 Å². The standard InChI is InChI=1S/C15H17NO4/c17-12-7-13(15(19)20)16(8-12)14(18)11-5-9-3-1-2-4-10(9)6-11/h1-4,11-13,17H,5-8H2,(H,19,20)/t12-,13-/m1/s1. The topological polar surface area (TPSA) is 77.8 Å². The summed E-state index contributed by atoms with van der Waals surface area (Å²) in [5, 5.41) is 18.8. The zero-order valence-corrected chi connectivity index (χ0v) is 11.0. The van der Waals surface area contributed by atoms with Crippen LogP contribution in [0.2, 0.25) is 0 Å². The fourth-order valence-electron chi connectivity index (χ4n) is 3.26. The van der Waals surface area contributed by atoms with Gasteiger partial charge in [-0.1, -0.05) is 24.3 Å². The third-order valence-corrected chi connectivity index (χ3v) is 4.25. The Labute approximate surface area is 116 Å². The van der Waals surface area contributed by atoms with Gasteiger partial charge in [-0.2, -0.15) is 0 Å². The van der Waals surface area contributed by atoms with Crippen molar-refractivity contribution in [3.63, 3.8) is 0 Å². The maximum Gasteiger partial charge on any atom is 0.326 e. The van der Waals surface area contributed by atoms with E-state index in [0.29, 0.717) is 12.8 Å². The Morgan fingerprint density at radius 3 is 2.30 bits per heavy atom. The predicted octanol–water partition coefficient (Wildman–Crippen LogP) is 0.448. The fraction of sp³-hybridized carbons (Fsp3) is 0.467. The lowest BCUT2D eigenvalue weighted by Crippen LogP contribution is -2.44. The van der Waals surface area contributed by atoms with Crippen LogP contribution in [0.15, 0.2) is 24.3 Å². The second-order valence-electron chi connectivity index (χ2n) is 5.61. The van der Waals surface area contributed by atoms with Crippen LogP contribution in [-0.4, -0.2) is 45.7 Å². The Bertz CT molecular complexity index is 532. The number of hydrogen-bond acceptors (Lipinski definition) is 3. The highest BCUT2D eigenvalue weighted by atomic mass is 16.4. The van der Waals surface area contributed by atoms with Gasteiger partial charge < -0.3 is 15.1 Å². The van der Waals surface area contributed by atoms with Crippen LogP contribution in [-0.2, 0) is 22.4 Å². The van der Waals surface area contributed by atoms with E-state index in [1.165, 1.54) is 4.90 Å². The third-order valence-electron chi connectivity index (χ3n) is 4.25. The van der Waals surface area contributed by atoms with Crippen LogP contribution in [0.4, 0.5) is 0 Å². The quantitative estimate of drug-likeness (QED) is 0.821. The zero-order chi connectivity index (χ0) is 14.3. The number of fused-ring (bicyclic) bond motifs is 1. The molecule has 106 valence electrons. The SMILES string of the molecule is O=C(O)[C@H]1C[C@@H](O)CN1C(=O)C1Cc2ccccc2C1. The summed E-state index contributed by atoms with van der Waals surface area (Å²) in [6, 6.07) is 7.03. The molecule has 0 aromatic heterocycles. The van der Waals surface area contributed by atoms with E-state index in [4.69, 9.17) is 5.11 Å². The minimum absolute atomic E-state index is 0.126. The van der Waals surface area contributed by atoms with Gasteiger partial charge in [-0.25, -0.2) is 4.79 Å². The van der Waals surface area contributed by atoms with Gasteiger partial charge in [0.2, 0.25) is 5.91 Å². The second kappa shape index (κ2) is 4.90. The van der Waals surface area contributed by atoms with Gasteiger partial charge in [0.15, 0.2) is 0 Å². The average molecular weight is 275 g/mol. The number of aliphatic hydroxyl groups is 1. The van der Waals surface area contributed by atoms with E-state index in [0.717, 1.165) is 11.1 Å². The molecule has 5 nitrogen and oxygen atoms in total. The Balaban J connectivity index is 1.76. The largest absolute Gasteiger partial charge is 0.480 e. The van der Waals surface area contributed by atoms with E-state index in [-0.39, 0.29) is 24.8 Å². The zero-order valence-electron chi connectivity index (χ0n) is 11.0. The van der Waals surface area contributed by atoms with Gasteiger partial charge in [0.25, 0.3) is 0 Å². The molecule has 1 amide bonds. The maximum atomic E-state index is 12.5. The molecule has 2 aliphatic rings. The number of carbonyl (C=O) groups is 2. The van der Waals surface area contributed by atoms with Crippen LogP contribution in [0.3, 0.4) is 0 Å². The van der Waals surface area contributed by atoms with Crippen molar-refractivity contribution in [2.75, 3.05) is 6.54 Å². The van der Waals surface area contributed by atoms with Gasteiger partial charge in [0.05, 0.1) is 6.10 Å². The Morgan fingerprint density at radius 2 is 1.75 bits per heavy atom. The molecule has 1 aromatic carbocycles. The Hall–Kier alpha value is -1.88. The number of β-amino-alcohol motifs (C(OH)–C–C–N with tert-alkyl or cyclic N) is 1. The number of amides is 1. The summed E-state index contributed by atoms with van der Waals surface area (Å²) in [4.78, 5) is 25.1. The van der Waals surface area contributed by atoms with E-state index in [2.05, 4.69) is 0 Å².